The molecule has 1 atom stereocenters. The predicted octanol–water partition coefficient (Wildman–Crippen LogP) is 4.95. The Labute approximate surface area is 205 Å². The van der Waals surface area contributed by atoms with Crippen molar-refractivity contribution in [1.82, 2.24) is 10.4 Å². The first-order chi connectivity index (χ1) is 17.0. The first-order valence-electron chi connectivity index (χ1n) is 11.1. The Kier molecular flexibility index (Phi) is 9.67. The molecule has 0 aliphatic heterocycles. The number of carbonyl (C=O) groups excluding carboxylic acids is 1. The number of amides is 1. The van der Waals surface area contributed by atoms with Crippen molar-refractivity contribution in [3.05, 3.63) is 113 Å². The highest BCUT2D eigenvalue weighted by atomic mass is 31.2. The molecule has 0 unspecified atom stereocenters. The number of hydrogen-bond acceptors (Lipinski definition) is 5. The fourth-order valence-electron chi connectivity index (χ4n) is 3.73. The summed E-state index contributed by atoms with van der Waals surface area (Å²) in [6.45, 7) is 0.255. The molecule has 0 spiro atoms. The zero-order valence-corrected chi connectivity index (χ0v) is 20.7. The predicted molar refractivity (Wildman–Crippen MR) is 135 cm³/mol. The van der Waals surface area contributed by atoms with Gasteiger partial charge in [0.2, 0.25) is 0 Å². The third-order valence-electron chi connectivity index (χ3n) is 5.56. The zero-order valence-electron chi connectivity index (χ0n) is 19.8. The van der Waals surface area contributed by atoms with Gasteiger partial charge in [0.05, 0.1) is 0 Å². The van der Waals surface area contributed by atoms with E-state index in [4.69, 9.17) is 9.05 Å². The van der Waals surface area contributed by atoms with Gasteiger partial charge in [-0.25, -0.2) is 9.57 Å². The average molecular weight is 493 g/mol. The molecule has 0 radical (unpaired) electrons. The summed E-state index contributed by atoms with van der Waals surface area (Å²) >= 11 is 0. The van der Waals surface area contributed by atoms with Gasteiger partial charge in [0.15, 0.2) is 0 Å². The molecule has 0 aliphatic carbocycles. The Bertz CT molecular complexity index is 1180. The van der Waals surface area contributed by atoms with Crippen LogP contribution in [-0.2, 0) is 26.6 Å². The maximum atomic E-state index is 13.4. The van der Waals surface area contributed by atoms with Crippen LogP contribution in [0.15, 0.2) is 91.0 Å². The highest BCUT2D eigenvalue weighted by Crippen LogP contribution is 2.49. The van der Waals surface area contributed by atoms with Gasteiger partial charge in [-0.1, -0.05) is 78.9 Å². The summed E-state index contributed by atoms with van der Waals surface area (Å²) in [5.74, 6) is -0.354. The van der Waals surface area contributed by atoms with Gasteiger partial charge in [-0.3, -0.25) is 10.2 Å². The van der Waals surface area contributed by atoms with Gasteiger partial charge in [-0.05, 0) is 36.1 Å². The van der Waals surface area contributed by atoms with E-state index in [-0.39, 0.29) is 17.9 Å². The van der Waals surface area contributed by atoms with Crippen LogP contribution in [0.3, 0.4) is 0 Å². The quantitative estimate of drug-likeness (QED) is 0.127. The first-order valence-corrected chi connectivity index (χ1v) is 12.7. The summed E-state index contributed by atoms with van der Waals surface area (Å²) in [6.07, 6.45) is 0.923. The van der Waals surface area contributed by atoms with Crippen LogP contribution in [0, 0.1) is 0 Å². The number of hydrazine groups is 1. The Hall–Kier alpha value is -3.38. The van der Waals surface area contributed by atoms with Crippen LogP contribution in [0.25, 0.3) is 5.53 Å². The van der Waals surface area contributed by atoms with E-state index >= 15 is 0 Å². The second-order valence-corrected chi connectivity index (χ2v) is 9.96. The first kappa shape index (κ1) is 26.2. The number of carbonyl (C=O) groups is 1. The maximum absolute atomic E-state index is 13.4. The topological polar surface area (TPSA) is 104 Å². The van der Waals surface area contributed by atoms with E-state index < -0.39 is 13.6 Å². The van der Waals surface area contributed by atoms with Crippen molar-refractivity contribution < 1.29 is 23.2 Å². The van der Waals surface area contributed by atoms with Gasteiger partial charge in [-0.15, -0.1) is 0 Å². The van der Waals surface area contributed by atoms with Crippen LogP contribution in [0.1, 0.15) is 27.9 Å². The molecule has 3 aromatic rings. The zero-order chi connectivity index (χ0) is 25.1. The molecule has 35 heavy (non-hydrogen) atoms. The lowest BCUT2D eigenvalue weighted by Crippen LogP contribution is -2.51. The molecule has 0 saturated heterocycles. The largest absolute Gasteiger partial charge is 0.438 e. The minimum atomic E-state index is -3.94. The summed E-state index contributed by atoms with van der Waals surface area (Å²) in [4.78, 5) is 16.5. The number of nitrogens with zero attached hydrogens (tertiary/aromatic N) is 3. The third kappa shape index (κ3) is 7.06. The van der Waals surface area contributed by atoms with Crippen LogP contribution in [0.5, 0.6) is 0 Å². The molecular weight excluding hydrogens is 463 g/mol. The molecule has 3 rings (SSSR count). The lowest BCUT2D eigenvalue weighted by atomic mass is 10.0. The molecule has 1 N–H and O–H groups in total. The number of nitrogens with one attached hydrogen (secondary N) is 1. The average Bonchev–Trinajstić information content (AvgIpc) is 2.92. The van der Waals surface area contributed by atoms with Crippen molar-refractivity contribution in [2.45, 2.75) is 25.4 Å². The van der Waals surface area contributed by atoms with E-state index in [0.717, 1.165) is 11.1 Å². The highest BCUT2D eigenvalue weighted by Gasteiger charge is 2.47. The number of aryl methyl sites for hydroxylation is 1. The van der Waals surface area contributed by atoms with Gasteiger partial charge in [0, 0.05) is 26.3 Å². The van der Waals surface area contributed by atoms with Crippen LogP contribution < -0.4 is 5.43 Å². The van der Waals surface area contributed by atoms with Gasteiger partial charge < -0.3 is 14.6 Å². The van der Waals surface area contributed by atoms with E-state index in [1.165, 1.54) is 14.2 Å². The standard InChI is InChI=1S/C26H29N4O4P/c1-33-35(32,34-2)26(28-27)24(19-18-21-12-6-3-7-13-21)30(20-22-14-8-4-9-15-22)29-25(31)23-16-10-5-11-17-23/h3-17,24H,18-20H2,1-2H3,(H,29,31)/t24-/m1/s1. The summed E-state index contributed by atoms with van der Waals surface area (Å²) in [6, 6.07) is 27.2. The van der Waals surface area contributed by atoms with Crippen LogP contribution in [0.4, 0.5) is 0 Å². The molecule has 0 fully saturated rings. The van der Waals surface area contributed by atoms with E-state index in [0.29, 0.717) is 18.4 Å². The van der Waals surface area contributed by atoms with E-state index in [2.05, 4.69) is 10.2 Å². The summed E-state index contributed by atoms with van der Waals surface area (Å²) in [5.41, 5.74) is 15.1. The number of hydrogen-bond donors (Lipinski definition) is 1. The van der Waals surface area contributed by atoms with Crippen molar-refractivity contribution in [2.24, 2.45) is 0 Å². The van der Waals surface area contributed by atoms with Gasteiger partial charge in [-0.2, -0.15) is 4.79 Å². The van der Waals surface area contributed by atoms with Gasteiger partial charge >= 0.3 is 13.0 Å². The Morgan fingerprint density at radius 3 is 1.94 bits per heavy atom. The molecule has 0 aliphatic rings. The molecule has 1 amide bonds. The van der Waals surface area contributed by atoms with Crippen molar-refractivity contribution in [1.29, 1.82) is 0 Å². The summed E-state index contributed by atoms with van der Waals surface area (Å²) in [5, 5.41) is 1.62. The van der Waals surface area contributed by atoms with Crippen LogP contribution in [-0.4, -0.2) is 41.4 Å². The lowest BCUT2D eigenvalue weighted by molar-refractivity contribution is -0.0182. The SMILES string of the molecule is COP(=O)(OC)C(=[N+]=[N-])[C@@H](CCc1ccccc1)N(Cc1ccccc1)NC(=O)c1ccccc1. The fourth-order valence-corrected chi connectivity index (χ4v) is 5.00. The molecule has 0 bridgehead atoms. The minimum Gasteiger partial charge on any atom is -0.361 e. The van der Waals surface area contributed by atoms with E-state index in [9.17, 15) is 14.9 Å². The smallest absolute Gasteiger partial charge is 0.361 e. The Morgan fingerprint density at radius 2 is 1.43 bits per heavy atom. The lowest BCUT2D eigenvalue weighted by Gasteiger charge is -2.30. The second-order valence-electron chi connectivity index (χ2n) is 7.78. The summed E-state index contributed by atoms with van der Waals surface area (Å²) < 4.78 is 23.7. The van der Waals surface area contributed by atoms with E-state index in [1.807, 2.05) is 66.7 Å². The fraction of sp³-hybridized carbons (Fsp3) is 0.231. The molecule has 9 heteroatoms. The Balaban J connectivity index is 2.02. The number of benzene rings is 3. The minimum absolute atomic E-state index is 0.192. The highest BCUT2D eigenvalue weighted by molar-refractivity contribution is 7.72. The molecule has 0 aromatic heterocycles. The van der Waals surface area contributed by atoms with Crippen molar-refractivity contribution >= 4 is 19.0 Å². The molecular formula is C26H29N4O4P. The number of rotatable bonds is 12. The monoisotopic (exact) mass is 492 g/mol. The van der Waals surface area contributed by atoms with Gasteiger partial charge in [0.1, 0.15) is 6.04 Å². The molecule has 0 saturated carbocycles. The van der Waals surface area contributed by atoms with Crippen molar-refractivity contribution in [3.8, 4) is 0 Å². The summed E-state index contributed by atoms with van der Waals surface area (Å²) in [7, 11) is -1.48. The maximum Gasteiger partial charge on any atom is 0.438 e. The second kappa shape index (κ2) is 12.9. The van der Waals surface area contributed by atoms with Crippen LogP contribution >= 0.6 is 7.60 Å². The third-order valence-corrected chi connectivity index (χ3v) is 7.47. The normalized spacial score (nSPS) is 12.1. The molecule has 182 valence electrons. The molecule has 8 nitrogen and oxygen atoms in total. The van der Waals surface area contributed by atoms with Crippen LogP contribution in [0.2, 0.25) is 0 Å². The van der Waals surface area contributed by atoms with Crippen molar-refractivity contribution in [2.75, 3.05) is 14.2 Å². The van der Waals surface area contributed by atoms with E-state index in [1.54, 1.807) is 29.3 Å². The Morgan fingerprint density at radius 1 is 0.914 bits per heavy atom. The van der Waals surface area contributed by atoms with Crippen molar-refractivity contribution in [3.63, 3.8) is 0 Å². The molecule has 3 aromatic carbocycles. The molecule has 0 heterocycles. The van der Waals surface area contributed by atoms with Gasteiger partial charge in [0.25, 0.3) is 5.91 Å².